The number of aryl methyl sites for hydroxylation is 1. The maximum absolute atomic E-state index is 9.62. The lowest BCUT2D eigenvalue weighted by Gasteiger charge is -1.99. The highest BCUT2D eigenvalue weighted by atomic mass is 16.3. The zero-order valence-corrected chi connectivity index (χ0v) is 9.09. The number of phenolic OH excluding ortho intramolecular Hbond substituents is 1. The molecule has 0 radical (unpaired) electrons. The van der Waals surface area contributed by atoms with E-state index in [1.165, 1.54) is 0 Å². The fraction of sp³-hybridized carbons (Fsp3) is 0.0714. The first-order valence-corrected chi connectivity index (χ1v) is 5.14. The van der Waals surface area contributed by atoms with Gasteiger partial charge < -0.3 is 5.11 Å². The SMILES string of the molecule is Cc1ccc(O)c(/C=N/c2ccccc2)c1. The monoisotopic (exact) mass is 211 g/mol. The Morgan fingerprint density at radius 3 is 2.56 bits per heavy atom. The molecule has 0 spiro atoms. The largest absolute Gasteiger partial charge is 0.507 e. The van der Waals surface area contributed by atoms with E-state index in [0.29, 0.717) is 0 Å². The van der Waals surface area contributed by atoms with Crippen LogP contribution in [-0.4, -0.2) is 11.3 Å². The van der Waals surface area contributed by atoms with E-state index in [2.05, 4.69) is 4.99 Å². The van der Waals surface area contributed by atoms with Gasteiger partial charge in [-0.3, -0.25) is 4.99 Å². The highest BCUT2D eigenvalue weighted by molar-refractivity contribution is 5.85. The average Bonchev–Trinajstić information content (AvgIpc) is 2.32. The lowest BCUT2D eigenvalue weighted by molar-refractivity contribution is 0.474. The normalized spacial score (nSPS) is 10.8. The van der Waals surface area contributed by atoms with Gasteiger partial charge in [0.15, 0.2) is 0 Å². The summed E-state index contributed by atoms with van der Waals surface area (Å²) in [4.78, 5) is 4.29. The second-order valence-corrected chi connectivity index (χ2v) is 3.66. The summed E-state index contributed by atoms with van der Waals surface area (Å²) in [6, 6.07) is 15.1. The molecule has 0 fully saturated rings. The van der Waals surface area contributed by atoms with Crippen molar-refractivity contribution in [3.8, 4) is 5.75 Å². The van der Waals surface area contributed by atoms with E-state index in [1.807, 2.05) is 49.4 Å². The Balaban J connectivity index is 2.27. The van der Waals surface area contributed by atoms with Gasteiger partial charge in [0.25, 0.3) is 0 Å². The van der Waals surface area contributed by atoms with Gasteiger partial charge in [-0.05, 0) is 31.2 Å². The molecule has 0 atom stereocenters. The van der Waals surface area contributed by atoms with Gasteiger partial charge in [0.1, 0.15) is 5.75 Å². The minimum Gasteiger partial charge on any atom is -0.507 e. The van der Waals surface area contributed by atoms with Crippen LogP contribution < -0.4 is 0 Å². The molecule has 2 heteroatoms. The molecule has 0 aromatic heterocycles. The molecule has 0 saturated carbocycles. The number of aromatic hydroxyl groups is 1. The van der Waals surface area contributed by atoms with E-state index >= 15 is 0 Å². The van der Waals surface area contributed by atoms with Gasteiger partial charge >= 0.3 is 0 Å². The Morgan fingerprint density at radius 2 is 1.81 bits per heavy atom. The van der Waals surface area contributed by atoms with Crippen molar-refractivity contribution in [2.75, 3.05) is 0 Å². The van der Waals surface area contributed by atoms with Gasteiger partial charge in [-0.15, -0.1) is 0 Å². The van der Waals surface area contributed by atoms with Crippen LogP contribution in [0.1, 0.15) is 11.1 Å². The van der Waals surface area contributed by atoms with Crippen LogP contribution >= 0.6 is 0 Å². The van der Waals surface area contributed by atoms with Crippen LogP contribution in [0.3, 0.4) is 0 Å². The maximum atomic E-state index is 9.62. The van der Waals surface area contributed by atoms with Gasteiger partial charge in [-0.25, -0.2) is 0 Å². The van der Waals surface area contributed by atoms with E-state index in [0.717, 1.165) is 16.8 Å². The van der Waals surface area contributed by atoms with Crippen molar-refractivity contribution in [1.82, 2.24) is 0 Å². The van der Waals surface area contributed by atoms with Crippen molar-refractivity contribution in [3.05, 3.63) is 59.7 Å². The first kappa shape index (κ1) is 10.4. The predicted molar refractivity (Wildman–Crippen MR) is 66.5 cm³/mol. The lowest BCUT2D eigenvalue weighted by Crippen LogP contribution is -1.83. The Bertz CT molecular complexity index is 503. The second-order valence-electron chi connectivity index (χ2n) is 3.66. The van der Waals surface area contributed by atoms with E-state index in [4.69, 9.17) is 0 Å². The molecule has 0 saturated heterocycles. The number of para-hydroxylation sites is 1. The van der Waals surface area contributed by atoms with E-state index in [9.17, 15) is 5.11 Å². The third-order valence-corrected chi connectivity index (χ3v) is 2.29. The summed E-state index contributed by atoms with van der Waals surface area (Å²) < 4.78 is 0. The minimum atomic E-state index is 0.255. The predicted octanol–water partition coefficient (Wildman–Crippen LogP) is 3.45. The van der Waals surface area contributed by atoms with Gasteiger partial charge in [0, 0.05) is 11.8 Å². The van der Waals surface area contributed by atoms with Gasteiger partial charge in [-0.1, -0.05) is 29.8 Å². The zero-order chi connectivity index (χ0) is 11.4. The van der Waals surface area contributed by atoms with Crippen molar-refractivity contribution in [1.29, 1.82) is 0 Å². The molecule has 2 nitrogen and oxygen atoms in total. The maximum Gasteiger partial charge on any atom is 0.124 e. The summed E-state index contributed by atoms with van der Waals surface area (Å²) in [5.41, 5.74) is 2.72. The fourth-order valence-corrected chi connectivity index (χ4v) is 1.44. The van der Waals surface area contributed by atoms with Crippen molar-refractivity contribution in [3.63, 3.8) is 0 Å². The van der Waals surface area contributed by atoms with Crippen LogP contribution in [0.25, 0.3) is 0 Å². The molecule has 0 unspecified atom stereocenters. The van der Waals surface area contributed by atoms with Crippen molar-refractivity contribution < 1.29 is 5.11 Å². The molecular weight excluding hydrogens is 198 g/mol. The molecule has 2 aromatic carbocycles. The highest BCUT2D eigenvalue weighted by Gasteiger charge is 1.97. The quantitative estimate of drug-likeness (QED) is 0.758. The third kappa shape index (κ3) is 2.48. The van der Waals surface area contributed by atoms with Crippen molar-refractivity contribution in [2.45, 2.75) is 6.92 Å². The summed E-state index contributed by atoms with van der Waals surface area (Å²) in [5.74, 6) is 0.255. The summed E-state index contributed by atoms with van der Waals surface area (Å²) in [5, 5.41) is 9.62. The number of hydrogen-bond donors (Lipinski definition) is 1. The Hall–Kier alpha value is -2.09. The average molecular weight is 211 g/mol. The van der Waals surface area contributed by atoms with Crippen LogP contribution in [0.5, 0.6) is 5.75 Å². The van der Waals surface area contributed by atoms with Crippen LogP contribution in [0.4, 0.5) is 5.69 Å². The summed E-state index contributed by atoms with van der Waals surface area (Å²) in [6.07, 6.45) is 1.68. The molecule has 2 aromatic rings. The summed E-state index contributed by atoms with van der Waals surface area (Å²) >= 11 is 0. The first-order valence-electron chi connectivity index (χ1n) is 5.14. The molecule has 0 amide bonds. The number of aliphatic imine (C=N–C) groups is 1. The number of rotatable bonds is 2. The Kier molecular flexibility index (Phi) is 3.01. The molecule has 0 bridgehead atoms. The van der Waals surface area contributed by atoms with Crippen LogP contribution in [-0.2, 0) is 0 Å². The molecule has 2 rings (SSSR count). The standard InChI is InChI=1S/C14H13NO/c1-11-7-8-14(16)12(9-11)10-15-13-5-3-2-4-6-13/h2-10,16H,1H3/b15-10+. The molecule has 0 aliphatic carbocycles. The molecule has 1 N–H and O–H groups in total. The van der Waals surface area contributed by atoms with Gasteiger partial charge in [0.2, 0.25) is 0 Å². The molecule has 0 aliphatic rings. The highest BCUT2D eigenvalue weighted by Crippen LogP contribution is 2.17. The molecular formula is C14H13NO. The van der Waals surface area contributed by atoms with E-state index in [-0.39, 0.29) is 5.75 Å². The minimum absolute atomic E-state index is 0.255. The smallest absolute Gasteiger partial charge is 0.124 e. The number of hydrogen-bond acceptors (Lipinski definition) is 2. The van der Waals surface area contributed by atoms with Gasteiger partial charge in [-0.2, -0.15) is 0 Å². The summed E-state index contributed by atoms with van der Waals surface area (Å²) in [7, 11) is 0. The van der Waals surface area contributed by atoms with Crippen LogP contribution in [0.15, 0.2) is 53.5 Å². The topological polar surface area (TPSA) is 32.6 Å². The molecule has 0 heterocycles. The third-order valence-electron chi connectivity index (χ3n) is 2.29. The zero-order valence-electron chi connectivity index (χ0n) is 9.09. The number of nitrogens with zero attached hydrogens (tertiary/aromatic N) is 1. The van der Waals surface area contributed by atoms with E-state index in [1.54, 1.807) is 12.3 Å². The lowest BCUT2D eigenvalue weighted by atomic mass is 10.1. The van der Waals surface area contributed by atoms with Crippen molar-refractivity contribution in [2.24, 2.45) is 4.99 Å². The van der Waals surface area contributed by atoms with Crippen LogP contribution in [0.2, 0.25) is 0 Å². The van der Waals surface area contributed by atoms with Gasteiger partial charge in [0.05, 0.1) is 5.69 Å². The Morgan fingerprint density at radius 1 is 1.06 bits per heavy atom. The summed E-state index contributed by atoms with van der Waals surface area (Å²) in [6.45, 7) is 1.99. The molecule has 16 heavy (non-hydrogen) atoms. The van der Waals surface area contributed by atoms with E-state index < -0.39 is 0 Å². The number of phenols is 1. The fourth-order valence-electron chi connectivity index (χ4n) is 1.44. The van der Waals surface area contributed by atoms with Crippen LogP contribution in [0, 0.1) is 6.92 Å². The second kappa shape index (κ2) is 4.62. The van der Waals surface area contributed by atoms with Crippen molar-refractivity contribution >= 4 is 11.9 Å². The number of benzene rings is 2. The molecule has 80 valence electrons. The first-order chi connectivity index (χ1) is 7.75. The Labute approximate surface area is 94.9 Å². The molecule has 0 aliphatic heterocycles.